The highest BCUT2D eigenvalue weighted by Gasteiger charge is 2.53. The molecule has 0 spiro atoms. The summed E-state index contributed by atoms with van der Waals surface area (Å²) in [4.78, 5) is 43.1. The van der Waals surface area contributed by atoms with Gasteiger partial charge in [-0.25, -0.2) is 10.3 Å². The molecule has 0 aliphatic heterocycles. The van der Waals surface area contributed by atoms with Gasteiger partial charge in [-0.15, -0.1) is 11.3 Å². The number of rotatable bonds is 18. The van der Waals surface area contributed by atoms with Crippen molar-refractivity contribution in [2.75, 3.05) is 51.3 Å². The number of furan rings is 1. The van der Waals surface area contributed by atoms with Crippen molar-refractivity contribution in [1.82, 2.24) is 9.97 Å². The van der Waals surface area contributed by atoms with E-state index >= 15 is 0 Å². The van der Waals surface area contributed by atoms with Crippen LogP contribution in [-0.4, -0.2) is 104 Å². The first kappa shape index (κ1) is 66.7. The van der Waals surface area contributed by atoms with Crippen LogP contribution in [0.25, 0.3) is 0 Å². The molecule has 20 heteroatoms. The van der Waals surface area contributed by atoms with Gasteiger partial charge in [0, 0.05) is 109 Å². The van der Waals surface area contributed by atoms with Crippen molar-refractivity contribution in [3.05, 3.63) is 161 Å². The van der Waals surface area contributed by atoms with Gasteiger partial charge in [0.25, 0.3) is 0 Å². The predicted molar refractivity (Wildman–Crippen MR) is 346 cm³/mol. The quantitative estimate of drug-likeness (QED) is 0.0761. The number of hydrogen-bond acceptors (Lipinski definition) is 16. The number of carbonyl (C=O) groups is 2. The first-order valence-electron chi connectivity index (χ1n) is 30.4. The molecule has 0 amide bonds. The van der Waals surface area contributed by atoms with E-state index in [9.17, 15) is 26.4 Å². The summed E-state index contributed by atoms with van der Waals surface area (Å²) in [6.45, 7) is 25.5. The fourth-order valence-corrected chi connectivity index (χ4v) is 17.7. The molecule has 0 bridgehead atoms. The van der Waals surface area contributed by atoms with E-state index in [4.69, 9.17) is 32.5 Å². The second kappa shape index (κ2) is 25.2. The van der Waals surface area contributed by atoms with Gasteiger partial charge in [0.1, 0.15) is 5.76 Å². The van der Waals surface area contributed by atoms with Crippen LogP contribution in [0.15, 0.2) is 77.7 Å². The minimum atomic E-state index is -4.09. The normalized spacial score (nSPS) is 24.7. The van der Waals surface area contributed by atoms with Gasteiger partial charge in [-0.05, 0) is 167 Å². The zero-order valence-corrected chi connectivity index (χ0v) is 56.6. The number of ketones is 2. The van der Waals surface area contributed by atoms with Crippen molar-refractivity contribution in [3.63, 3.8) is 0 Å². The zero-order chi connectivity index (χ0) is 64.4. The van der Waals surface area contributed by atoms with Crippen LogP contribution in [0.2, 0.25) is 0 Å². The summed E-state index contributed by atoms with van der Waals surface area (Å²) in [5, 5.41) is 10.2. The number of ether oxygens (including phenoxy) is 2. The molecule has 88 heavy (non-hydrogen) atoms. The van der Waals surface area contributed by atoms with Crippen LogP contribution in [0.5, 0.6) is 0 Å². The van der Waals surface area contributed by atoms with Gasteiger partial charge in [-0.1, -0.05) is 65.8 Å². The van der Waals surface area contributed by atoms with Gasteiger partial charge >= 0.3 is 20.6 Å². The van der Waals surface area contributed by atoms with Crippen LogP contribution in [-0.2, 0) is 62.1 Å². The molecule has 2 aromatic carbocycles. The molecule has 2 fully saturated rings. The Kier molecular flexibility index (Phi) is 19.1. The van der Waals surface area contributed by atoms with Crippen LogP contribution < -0.4 is 20.1 Å². The summed E-state index contributed by atoms with van der Waals surface area (Å²) in [6, 6.07) is 16.9. The smallest absolute Gasteiger partial charge is 0.333 e. The monoisotopic (exact) mass is 1260 g/mol. The van der Waals surface area contributed by atoms with Crippen LogP contribution in [0.1, 0.15) is 178 Å². The largest absolute Gasteiger partial charge is 0.458 e. The minimum Gasteiger partial charge on any atom is -0.458 e. The van der Waals surface area contributed by atoms with Gasteiger partial charge in [0.2, 0.25) is 11.6 Å². The maximum atomic E-state index is 14.3. The van der Waals surface area contributed by atoms with Crippen LogP contribution in [0.4, 0.5) is 11.4 Å². The van der Waals surface area contributed by atoms with E-state index in [-0.39, 0.29) is 82.9 Å². The van der Waals surface area contributed by atoms with Gasteiger partial charge < -0.3 is 23.7 Å². The number of benzene rings is 2. The second-order valence-electron chi connectivity index (χ2n) is 26.9. The average molecular weight is 1260 g/mol. The van der Waals surface area contributed by atoms with Crippen molar-refractivity contribution >= 4 is 54.9 Å². The maximum Gasteiger partial charge on any atom is 0.333 e. The third-order valence-corrected chi connectivity index (χ3v) is 22.6. The molecule has 4 aromatic heterocycles. The number of nitrogens with two attached hydrogens (primary N) is 2. The van der Waals surface area contributed by atoms with E-state index < -0.39 is 26.0 Å². The zero-order valence-electron chi connectivity index (χ0n) is 54.1. The van der Waals surface area contributed by atoms with Crippen molar-refractivity contribution in [3.8, 4) is 0 Å². The summed E-state index contributed by atoms with van der Waals surface area (Å²) in [6.07, 6.45) is 13.6. The van der Waals surface area contributed by atoms with E-state index in [1.165, 1.54) is 54.9 Å². The molecule has 0 radical (unpaired) electrons. The standard InChI is InChI=1S/C34H45N3O6S.C34H45N3O5S2/c2*1-20-14-23-10-9-12-34(6,27(23)15-21(20)2)26-17-29(43-22(26)3)31(38)25-18-36-13-11-28(25)37(7)30-16-24(19-42-44(35,39)40)32(41-8)33(30,4)5/h2*11,13-15,17-18,24,30,32H,9-10,12,16,19H2,1-8H3,(H2,35,39,40)/t2*24?,30-,32-,34?/m11/s1. The van der Waals surface area contributed by atoms with E-state index in [2.05, 4.69) is 126 Å². The molecule has 8 atom stereocenters. The van der Waals surface area contributed by atoms with Gasteiger partial charge in [-0.2, -0.15) is 16.8 Å². The molecule has 2 saturated carbocycles. The number of aromatic nitrogens is 2. The van der Waals surface area contributed by atoms with Gasteiger partial charge in [-0.3, -0.25) is 27.9 Å². The Morgan fingerprint density at radius 3 is 1.47 bits per heavy atom. The molecular weight excluding hydrogens is 1170 g/mol. The van der Waals surface area contributed by atoms with Crippen LogP contribution in [0, 0.1) is 64.2 Å². The van der Waals surface area contributed by atoms with E-state index in [1.807, 2.05) is 39.2 Å². The van der Waals surface area contributed by atoms with Crippen LogP contribution in [0.3, 0.4) is 0 Å². The summed E-state index contributed by atoms with van der Waals surface area (Å²) >= 11 is 1.56. The Balaban J connectivity index is 0.000000209. The molecule has 10 rings (SSSR count). The number of thiophene rings is 1. The minimum absolute atomic E-state index is 0.0489. The van der Waals surface area contributed by atoms with Crippen molar-refractivity contribution in [2.45, 2.75) is 170 Å². The highest BCUT2D eigenvalue weighted by atomic mass is 32.2. The number of hydrogen-bond donors (Lipinski definition) is 2. The lowest BCUT2D eigenvalue weighted by molar-refractivity contribution is -0.0123. The number of carbonyl (C=O) groups excluding carboxylic acids is 2. The molecule has 6 aromatic rings. The van der Waals surface area contributed by atoms with Crippen molar-refractivity contribution in [1.29, 1.82) is 0 Å². The lowest BCUT2D eigenvalue weighted by Gasteiger charge is -2.39. The molecule has 4 unspecified atom stereocenters. The topological polar surface area (TPSA) is 237 Å². The summed E-state index contributed by atoms with van der Waals surface area (Å²) in [5.74, 6) is 0.337. The Hall–Kier alpha value is -5.68. The van der Waals surface area contributed by atoms with Crippen molar-refractivity contribution in [2.24, 2.45) is 32.9 Å². The summed E-state index contributed by atoms with van der Waals surface area (Å²) in [7, 11) is -0.999. The predicted octanol–water partition coefficient (Wildman–Crippen LogP) is 11.6. The number of fused-ring (bicyclic) bond motifs is 2. The lowest BCUT2D eigenvalue weighted by atomic mass is 9.66. The third kappa shape index (κ3) is 12.8. The van der Waals surface area contributed by atoms with E-state index in [1.54, 1.807) is 50.3 Å². The SMILES string of the molecule is CO[C@@H]1C(COS(N)(=O)=O)C[C@@H](N(C)c2ccncc2C(=O)c2cc(C3(C)CCCc4cc(C)c(C)cc43)c(C)o2)C1(C)C.CO[C@@H]1C(COS(N)(=O)=O)C[C@@H](N(C)c2ccncc2C(=O)c2cc(C3(C)CCCc4cc(C)c(C)cc43)c(C)s2)C1(C)C. The first-order valence-corrected chi connectivity index (χ1v) is 34.2. The maximum absolute atomic E-state index is 14.3. The Morgan fingerprint density at radius 2 is 1.03 bits per heavy atom. The molecule has 4 aliphatic carbocycles. The molecule has 17 nitrogen and oxygen atoms in total. The van der Waals surface area contributed by atoms with Gasteiger partial charge in [0.15, 0.2) is 5.76 Å². The summed E-state index contributed by atoms with van der Waals surface area (Å²) in [5.41, 5.74) is 14.2. The van der Waals surface area contributed by atoms with Gasteiger partial charge in [0.05, 0.1) is 52.8 Å². The third-order valence-electron chi connectivity index (χ3n) is 20.6. The summed E-state index contributed by atoms with van der Waals surface area (Å²) < 4.78 is 74.0. The Morgan fingerprint density at radius 1 is 0.614 bits per heavy atom. The molecule has 0 saturated heterocycles. The Labute approximate surface area is 525 Å². The fraction of sp³-hybridized carbons (Fsp3) is 0.529. The molecule has 476 valence electrons. The Bertz CT molecular complexity index is 3610. The lowest BCUT2D eigenvalue weighted by Crippen LogP contribution is -2.45. The molecule has 4 N–H and O–H groups in total. The van der Waals surface area contributed by atoms with Crippen LogP contribution >= 0.6 is 11.3 Å². The van der Waals surface area contributed by atoms with E-state index in [0.717, 1.165) is 55.5 Å². The molecular formula is C68H90N6O11S3. The highest BCUT2D eigenvalue weighted by Crippen LogP contribution is 2.51. The molecule has 4 aliphatic rings. The fourth-order valence-electron chi connectivity index (χ4n) is 15.9. The number of methoxy groups -OCH3 is 2. The molecule has 4 heterocycles. The number of anilines is 2. The average Bonchev–Trinajstić information content (AvgIpc) is 1.93. The highest BCUT2D eigenvalue weighted by molar-refractivity contribution is 7.84. The van der Waals surface area contributed by atoms with Crippen molar-refractivity contribution < 1.29 is 48.7 Å². The second-order valence-corrected chi connectivity index (χ2v) is 30.6. The number of nitrogens with zero attached hydrogens (tertiary/aromatic N) is 4. The van der Waals surface area contributed by atoms with E-state index in [0.29, 0.717) is 34.5 Å². The number of aryl methyl sites for hydroxylation is 8. The first-order chi connectivity index (χ1) is 41.2. The number of pyridine rings is 2.